The summed E-state index contributed by atoms with van der Waals surface area (Å²) in [5, 5.41) is 5.78. The SMILES string of the molecule is O=C(Nc1ccc(F)cc1)c1cccc(C(=O)Nc2ccccc2Cl)c1. The number of carbonyl (C=O) groups excluding carboxylic acids is 2. The van der Waals surface area contributed by atoms with Crippen molar-refractivity contribution < 1.29 is 14.0 Å². The van der Waals surface area contributed by atoms with Gasteiger partial charge in [-0.05, 0) is 54.6 Å². The van der Waals surface area contributed by atoms with Gasteiger partial charge in [0, 0.05) is 16.8 Å². The summed E-state index contributed by atoms with van der Waals surface area (Å²) < 4.78 is 12.9. The van der Waals surface area contributed by atoms with Gasteiger partial charge in [-0.3, -0.25) is 9.59 Å². The van der Waals surface area contributed by atoms with Crippen molar-refractivity contribution in [1.29, 1.82) is 0 Å². The number of hydrogen-bond donors (Lipinski definition) is 2. The zero-order valence-electron chi connectivity index (χ0n) is 13.5. The highest BCUT2D eigenvalue weighted by atomic mass is 35.5. The molecule has 0 aliphatic rings. The summed E-state index contributed by atoms with van der Waals surface area (Å²) in [7, 11) is 0. The standard InChI is InChI=1S/C20H14ClFN2O2/c21-17-6-1-2-7-18(17)24-20(26)14-5-3-4-13(12-14)19(25)23-16-10-8-15(22)9-11-16/h1-12H,(H,23,25)(H,24,26). The summed E-state index contributed by atoms with van der Waals surface area (Å²) >= 11 is 6.03. The fourth-order valence-electron chi connectivity index (χ4n) is 2.30. The first-order valence-corrected chi connectivity index (χ1v) is 8.13. The number of carbonyl (C=O) groups is 2. The summed E-state index contributed by atoms with van der Waals surface area (Å²) in [6.45, 7) is 0. The van der Waals surface area contributed by atoms with Gasteiger partial charge in [0.05, 0.1) is 10.7 Å². The molecule has 0 atom stereocenters. The van der Waals surface area contributed by atoms with Crippen LogP contribution in [0.3, 0.4) is 0 Å². The number of para-hydroxylation sites is 1. The zero-order valence-corrected chi connectivity index (χ0v) is 14.3. The van der Waals surface area contributed by atoms with E-state index >= 15 is 0 Å². The molecular weight excluding hydrogens is 355 g/mol. The monoisotopic (exact) mass is 368 g/mol. The van der Waals surface area contributed by atoms with E-state index < -0.39 is 5.91 Å². The molecule has 0 saturated carbocycles. The minimum absolute atomic E-state index is 0.307. The number of hydrogen-bond acceptors (Lipinski definition) is 2. The van der Waals surface area contributed by atoms with Crippen molar-refractivity contribution in [1.82, 2.24) is 0 Å². The third-order valence-corrected chi connectivity index (χ3v) is 3.94. The number of rotatable bonds is 4. The van der Waals surface area contributed by atoms with E-state index in [2.05, 4.69) is 10.6 Å². The van der Waals surface area contributed by atoms with Crippen molar-refractivity contribution in [2.45, 2.75) is 0 Å². The minimum Gasteiger partial charge on any atom is -0.322 e. The number of anilines is 2. The lowest BCUT2D eigenvalue weighted by atomic mass is 10.1. The molecule has 0 aliphatic carbocycles. The van der Waals surface area contributed by atoms with Crippen LogP contribution in [0.5, 0.6) is 0 Å². The van der Waals surface area contributed by atoms with Gasteiger partial charge in [0.15, 0.2) is 0 Å². The molecule has 0 heterocycles. The fourth-order valence-corrected chi connectivity index (χ4v) is 2.48. The Hall–Kier alpha value is -3.18. The molecule has 3 rings (SSSR count). The van der Waals surface area contributed by atoms with Crippen LogP contribution in [0, 0.1) is 5.82 Å². The van der Waals surface area contributed by atoms with Crippen LogP contribution in [0.4, 0.5) is 15.8 Å². The van der Waals surface area contributed by atoms with Gasteiger partial charge < -0.3 is 10.6 Å². The van der Waals surface area contributed by atoms with Crippen molar-refractivity contribution in [3.8, 4) is 0 Å². The molecule has 3 aromatic carbocycles. The first-order valence-electron chi connectivity index (χ1n) is 7.76. The maximum absolute atomic E-state index is 12.9. The third-order valence-electron chi connectivity index (χ3n) is 3.61. The van der Waals surface area contributed by atoms with Gasteiger partial charge in [0.2, 0.25) is 0 Å². The number of nitrogens with one attached hydrogen (secondary N) is 2. The highest BCUT2D eigenvalue weighted by Crippen LogP contribution is 2.21. The molecule has 0 radical (unpaired) electrons. The van der Waals surface area contributed by atoms with Crippen LogP contribution in [0.1, 0.15) is 20.7 Å². The lowest BCUT2D eigenvalue weighted by molar-refractivity contribution is 0.102. The molecule has 0 saturated heterocycles. The maximum Gasteiger partial charge on any atom is 0.255 e. The number of benzene rings is 3. The molecule has 2 N–H and O–H groups in total. The topological polar surface area (TPSA) is 58.2 Å². The van der Waals surface area contributed by atoms with E-state index in [9.17, 15) is 14.0 Å². The van der Waals surface area contributed by atoms with Crippen LogP contribution in [0.25, 0.3) is 0 Å². The molecule has 6 heteroatoms. The second kappa shape index (κ2) is 7.80. The van der Waals surface area contributed by atoms with E-state index in [4.69, 9.17) is 11.6 Å². The van der Waals surface area contributed by atoms with E-state index in [1.165, 1.54) is 30.3 Å². The molecule has 26 heavy (non-hydrogen) atoms. The summed E-state index contributed by atoms with van der Waals surface area (Å²) in [6, 6.07) is 18.6. The Morgan fingerprint density at radius 2 is 1.38 bits per heavy atom. The van der Waals surface area contributed by atoms with Crippen molar-refractivity contribution >= 4 is 34.8 Å². The Morgan fingerprint density at radius 3 is 2.04 bits per heavy atom. The summed E-state index contributed by atoms with van der Waals surface area (Å²) in [5.74, 6) is -1.17. The van der Waals surface area contributed by atoms with Crippen LogP contribution in [0.15, 0.2) is 72.8 Å². The quantitative estimate of drug-likeness (QED) is 0.682. The first kappa shape index (κ1) is 17.6. The predicted octanol–water partition coefficient (Wildman–Crippen LogP) is 4.98. The van der Waals surface area contributed by atoms with Gasteiger partial charge in [-0.25, -0.2) is 4.39 Å². The predicted molar refractivity (Wildman–Crippen MR) is 100 cm³/mol. The van der Waals surface area contributed by atoms with Crippen LogP contribution >= 0.6 is 11.6 Å². The van der Waals surface area contributed by atoms with Crippen LogP contribution < -0.4 is 10.6 Å². The smallest absolute Gasteiger partial charge is 0.255 e. The molecule has 0 bridgehead atoms. The Kier molecular flexibility index (Phi) is 5.29. The lowest BCUT2D eigenvalue weighted by Gasteiger charge is -2.09. The van der Waals surface area contributed by atoms with E-state index in [0.717, 1.165) is 0 Å². The second-order valence-electron chi connectivity index (χ2n) is 5.48. The molecule has 0 aliphatic heterocycles. The van der Waals surface area contributed by atoms with Crippen molar-refractivity contribution in [3.63, 3.8) is 0 Å². The average molecular weight is 369 g/mol. The fraction of sp³-hybridized carbons (Fsp3) is 0. The van der Waals surface area contributed by atoms with Crippen molar-refractivity contribution in [2.75, 3.05) is 10.6 Å². The highest BCUT2D eigenvalue weighted by Gasteiger charge is 2.12. The van der Waals surface area contributed by atoms with E-state index in [1.54, 1.807) is 42.5 Å². The average Bonchev–Trinajstić information content (AvgIpc) is 2.65. The Bertz CT molecular complexity index is 958. The molecular formula is C20H14ClFN2O2. The summed E-state index contributed by atoms with van der Waals surface area (Å²) in [4.78, 5) is 24.7. The Labute approximate surface area is 154 Å². The van der Waals surface area contributed by atoms with E-state index in [0.29, 0.717) is 27.5 Å². The minimum atomic E-state index is -0.399. The molecule has 0 fully saturated rings. The normalized spacial score (nSPS) is 10.2. The molecule has 4 nitrogen and oxygen atoms in total. The Morgan fingerprint density at radius 1 is 0.769 bits per heavy atom. The van der Waals surface area contributed by atoms with E-state index in [-0.39, 0.29) is 11.7 Å². The summed E-state index contributed by atoms with van der Waals surface area (Å²) in [6.07, 6.45) is 0. The number of halogens is 2. The van der Waals surface area contributed by atoms with Gasteiger partial charge in [0.1, 0.15) is 5.82 Å². The van der Waals surface area contributed by atoms with E-state index in [1.807, 2.05) is 0 Å². The number of amides is 2. The molecule has 2 amide bonds. The van der Waals surface area contributed by atoms with Gasteiger partial charge in [-0.2, -0.15) is 0 Å². The first-order chi connectivity index (χ1) is 12.5. The van der Waals surface area contributed by atoms with Crippen molar-refractivity contribution in [3.05, 3.63) is 94.8 Å². The van der Waals surface area contributed by atoms with Gasteiger partial charge in [-0.15, -0.1) is 0 Å². The zero-order chi connectivity index (χ0) is 18.5. The van der Waals surface area contributed by atoms with Crippen LogP contribution in [-0.4, -0.2) is 11.8 Å². The van der Waals surface area contributed by atoms with Crippen LogP contribution in [-0.2, 0) is 0 Å². The maximum atomic E-state index is 12.9. The molecule has 3 aromatic rings. The second-order valence-corrected chi connectivity index (χ2v) is 5.88. The lowest BCUT2D eigenvalue weighted by Crippen LogP contribution is -2.15. The molecule has 0 spiro atoms. The van der Waals surface area contributed by atoms with Crippen molar-refractivity contribution in [2.24, 2.45) is 0 Å². The Balaban J connectivity index is 1.75. The summed E-state index contributed by atoms with van der Waals surface area (Å²) in [5.41, 5.74) is 1.57. The molecule has 0 aromatic heterocycles. The van der Waals surface area contributed by atoms with Gasteiger partial charge in [-0.1, -0.05) is 29.8 Å². The van der Waals surface area contributed by atoms with Gasteiger partial charge >= 0.3 is 0 Å². The third kappa shape index (κ3) is 4.26. The largest absolute Gasteiger partial charge is 0.322 e. The van der Waals surface area contributed by atoms with Gasteiger partial charge in [0.25, 0.3) is 11.8 Å². The molecule has 0 unspecified atom stereocenters. The highest BCUT2D eigenvalue weighted by molar-refractivity contribution is 6.33. The van der Waals surface area contributed by atoms with Crippen LogP contribution in [0.2, 0.25) is 5.02 Å². The molecule has 130 valence electrons.